The molecule has 11 nitrogen and oxygen atoms in total. The number of thioether (sulfide) groups is 1. The van der Waals surface area contributed by atoms with Gasteiger partial charge in [-0.05, 0) is 101 Å². The Bertz CT molecular complexity index is 1330. The summed E-state index contributed by atoms with van der Waals surface area (Å²) in [5, 5.41) is 23.2. The Balaban J connectivity index is 1.72. The van der Waals surface area contributed by atoms with Crippen molar-refractivity contribution in [1.29, 1.82) is 0 Å². The summed E-state index contributed by atoms with van der Waals surface area (Å²) in [4.78, 5) is 56.9. The van der Waals surface area contributed by atoms with Crippen LogP contribution in [0.1, 0.15) is 97.8 Å². The van der Waals surface area contributed by atoms with Crippen LogP contribution in [0.2, 0.25) is 0 Å². The van der Waals surface area contributed by atoms with Gasteiger partial charge in [0, 0.05) is 45.4 Å². The molecule has 0 aliphatic carbocycles. The van der Waals surface area contributed by atoms with Gasteiger partial charge in [0.1, 0.15) is 24.0 Å². The summed E-state index contributed by atoms with van der Waals surface area (Å²) in [6, 6.07) is -1.07. The van der Waals surface area contributed by atoms with Gasteiger partial charge >= 0.3 is 5.97 Å². The molecule has 0 aromatic carbocycles. The summed E-state index contributed by atoms with van der Waals surface area (Å²) in [6.45, 7) is 9.46. The van der Waals surface area contributed by atoms with E-state index < -0.39 is 71.8 Å². The predicted molar refractivity (Wildman–Crippen MR) is 199 cm³/mol. The molecule has 2 bridgehead atoms. The van der Waals surface area contributed by atoms with E-state index in [1.807, 2.05) is 31.7 Å². The molecule has 3 saturated heterocycles. The molecule has 292 valence electrons. The highest BCUT2D eigenvalue weighted by atomic mass is 32.2. The van der Waals surface area contributed by atoms with Crippen molar-refractivity contribution >= 4 is 35.2 Å². The van der Waals surface area contributed by atoms with Crippen LogP contribution in [0, 0.1) is 17.8 Å². The van der Waals surface area contributed by atoms with Crippen molar-refractivity contribution in [1.82, 2.24) is 4.90 Å². The second kappa shape index (κ2) is 19.8. The molecule has 4 heterocycles. The van der Waals surface area contributed by atoms with Crippen LogP contribution in [0.3, 0.4) is 0 Å². The van der Waals surface area contributed by atoms with Crippen LogP contribution in [-0.2, 0) is 38.1 Å². The number of allylic oxidation sites excluding steroid dienone is 4. The van der Waals surface area contributed by atoms with E-state index in [0.717, 1.165) is 35.5 Å². The smallest absolute Gasteiger partial charge is 0.329 e. The summed E-state index contributed by atoms with van der Waals surface area (Å²) in [7, 11) is 3.06. The molecule has 0 radical (unpaired) electrons. The van der Waals surface area contributed by atoms with Gasteiger partial charge in [0.2, 0.25) is 5.79 Å². The number of carbonyl (C=O) groups is 4. The Morgan fingerprint density at radius 3 is 2.44 bits per heavy atom. The summed E-state index contributed by atoms with van der Waals surface area (Å²) < 4.78 is 23.9. The monoisotopic (exact) mass is 747 g/mol. The van der Waals surface area contributed by atoms with Crippen molar-refractivity contribution in [2.45, 2.75) is 140 Å². The van der Waals surface area contributed by atoms with Crippen molar-refractivity contribution in [2.75, 3.05) is 32.3 Å². The van der Waals surface area contributed by atoms with Gasteiger partial charge in [0.25, 0.3) is 11.7 Å². The summed E-state index contributed by atoms with van der Waals surface area (Å²) in [5.74, 6) is -4.31. The Morgan fingerprint density at radius 2 is 1.77 bits per heavy atom. The maximum atomic E-state index is 14.1. The number of esters is 1. The van der Waals surface area contributed by atoms with E-state index in [0.29, 0.717) is 44.4 Å². The van der Waals surface area contributed by atoms with E-state index in [2.05, 4.69) is 12.7 Å². The predicted octanol–water partition coefficient (Wildman–Crippen LogP) is 5.11. The highest BCUT2D eigenvalue weighted by Crippen LogP contribution is 2.38. The fourth-order valence-corrected chi connectivity index (χ4v) is 9.23. The highest BCUT2D eigenvalue weighted by Gasteiger charge is 2.56. The van der Waals surface area contributed by atoms with Gasteiger partial charge in [-0.25, -0.2) is 4.79 Å². The normalized spacial score (nSPS) is 36.9. The second-order valence-corrected chi connectivity index (χ2v) is 16.4. The molecule has 12 heteroatoms. The van der Waals surface area contributed by atoms with E-state index in [-0.39, 0.29) is 38.0 Å². The number of methoxy groups -OCH3 is 2. The molecule has 9 atom stereocenters. The number of ether oxygens (including phenoxy) is 4. The molecule has 3 fully saturated rings. The molecule has 5 unspecified atom stereocenters. The van der Waals surface area contributed by atoms with Gasteiger partial charge in [-0.3, -0.25) is 14.4 Å². The molecule has 0 aromatic heterocycles. The number of piperidine rings is 1. The third kappa shape index (κ3) is 10.7. The summed E-state index contributed by atoms with van der Waals surface area (Å²) in [6.07, 6.45) is 7.67. The quantitative estimate of drug-likeness (QED) is 0.212. The first-order valence-electron chi connectivity index (χ1n) is 19.1. The summed E-state index contributed by atoms with van der Waals surface area (Å²) >= 11 is 1.91. The van der Waals surface area contributed by atoms with Gasteiger partial charge in [0.05, 0.1) is 18.3 Å². The SMILES string of the molecule is C=CCC1/C=C(\C)CCC[C@H](OC)C2OC(O)(C(=O)C(=O)N3CCCC[C@H]3C(=O)O[C@H](/C(C)=C/C3CCSCC3)C[C@@H](O)CC1=O)C(C)CC2OC. The van der Waals surface area contributed by atoms with Gasteiger partial charge in [-0.15, -0.1) is 6.58 Å². The lowest BCUT2D eigenvalue weighted by Gasteiger charge is -2.46. The number of Topliss-reactive ketones (excluding diaryl/α,β-unsaturated/α-hetero) is 2. The van der Waals surface area contributed by atoms with Crippen molar-refractivity contribution in [3.63, 3.8) is 0 Å². The molecular weight excluding hydrogens is 687 g/mol. The van der Waals surface area contributed by atoms with Crippen molar-refractivity contribution in [3.05, 3.63) is 36.0 Å². The largest absolute Gasteiger partial charge is 0.456 e. The molecule has 4 aliphatic heterocycles. The Morgan fingerprint density at radius 1 is 1.06 bits per heavy atom. The number of hydrogen-bond donors (Lipinski definition) is 2. The number of cyclic esters (lactones) is 1. The number of amides is 1. The molecule has 0 spiro atoms. The number of aliphatic hydroxyl groups excluding tert-OH is 1. The molecule has 0 aromatic rings. The van der Waals surface area contributed by atoms with Crippen LogP contribution in [0.25, 0.3) is 0 Å². The zero-order valence-electron chi connectivity index (χ0n) is 31.8. The lowest BCUT2D eigenvalue weighted by molar-refractivity contribution is -0.302. The van der Waals surface area contributed by atoms with Gasteiger partial charge in [-0.1, -0.05) is 30.7 Å². The zero-order chi connectivity index (χ0) is 38.0. The van der Waals surface area contributed by atoms with E-state index >= 15 is 0 Å². The van der Waals surface area contributed by atoms with E-state index in [9.17, 15) is 29.4 Å². The Hall–Kier alpha value is -2.35. The Kier molecular flexibility index (Phi) is 16.2. The fraction of sp³-hybridized carbons (Fsp3) is 0.750. The minimum atomic E-state index is -2.46. The minimum absolute atomic E-state index is 0.00987. The standard InChI is InChI=1S/C40H61NO10S/c1-7-11-29-20-25(2)12-10-14-33(48-5)36-35(49-6)22-27(4)40(47,51-36)37(44)38(45)41-17-9-8-13-31(41)39(46)50-34(24-30(42)23-32(29)43)26(3)21-28-15-18-52-19-16-28/h7,20-21,27-31,33-36,42,47H,1,8-19,22-24H2,2-6H3/b25-20+,26-21+/t27?,29?,30-,31-,33-,34-,35?,36?,40?/m0/s1. The van der Waals surface area contributed by atoms with Crippen LogP contribution in [0.15, 0.2) is 36.0 Å². The molecule has 0 saturated carbocycles. The zero-order valence-corrected chi connectivity index (χ0v) is 32.6. The number of carbonyl (C=O) groups excluding carboxylic acids is 4. The molecule has 52 heavy (non-hydrogen) atoms. The van der Waals surface area contributed by atoms with Gasteiger partial charge in [-0.2, -0.15) is 11.8 Å². The van der Waals surface area contributed by atoms with Gasteiger partial charge < -0.3 is 34.1 Å². The van der Waals surface area contributed by atoms with Crippen LogP contribution < -0.4 is 0 Å². The third-order valence-corrected chi connectivity index (χ3v) is 12.3. The fourth-order valence-electron chi connectivity index (χ4n) is 8.09. The average Bonchev–Trinajstić information content (AvgIpc) is 3.13. The Labute approximate surface area is 313 Å². The van der Waals surface area contributed by atoms with E-state index in [4.69, 9.17) is 18.9 Å². The second-order valence-electron chi connectivity index (χ2n) is 15.2. The minimum Gasteiger partial charge on any atom is -0.456 e. The number of hydrogen-bond acceptors (Lipinski definition) is 11. The number of aliphatic hydroxyl groups is 2. The first kappa shape index (κ1) is 42.4. The third-order valence-electron chi connectivity index (χ3n) is 11.3. The number of nitrogens with zero attached hydrogens (tertiary/aromatic N) is 1. The van der Waals surface area contributed by atoms with Crippen LogP contribution in [0.4, 0.5) is 0 Å². The van der Waals surface area contributed by atoms with Crippen LogP contribution >= 0.6 is 11.8 Å². The van der Waals surface area contributed by atoms with E-state index in [1.54, 1.807) is 13.0 Å². The lowest BCUT2D eigenvalue weighted by atomic mass is 9.83. The van der Waals surface area contributed by atoms with Crippen molar-refractivity contribution in [3.8, 4) is 0 Å². The van der Waals surface area contributed by atoms with Crippen LogP contribution in [-0.4, -0.2) is 113 Å². The molecule has 4 rings (SSSR count). The maximum Gasteiger partial charge on any atom is 0.329 e. The summed E-state index contributed by atoms with van der Waals surface area (Å²) in [5.41, 5.74) is 1.77. The van der Waals surface area contributed by atoms with Crippen molar-refractivity contribution in [2.24, 2.45) is 17.8 Å². The number of rotatable bonds is 6. The van der Waals surface area contributed by atoms with Gasteiger partial charge in [0.15, 0.2) is 0 Å². The maximum absolute atomic E-state index is 14.1. The molecule has 4 aliphatic rings. The highest BCUT2D eigenvalue weighted by molar-refractivity contribution is 7.99. The average molecular weight is 748 g/mol. The number of ketones is 2. The van der Waals surface area contributed by atoms with Crippen molar-refractivity contribution < 1.29 is 48.3 Å². The number of fused-ring (bicyclic) bond motifs is 3. The lowest BCUT2D eigenvalue weighted by Crippen LogP contribution is -2.64. The first-order valence-corrected chi connectivity index (χ1v) is 20.2. The topological polar surface area (TPSA) is 149 Å². The van der Waals surface area contributed by atoms with Crippen LogP contribution in [0.5, 0.6) is 0 Å². The molecular formula is C40H61NO10S. The van der Waals surface area contributed by atoms with E-state index in [1.165, 1.54) is 19.1 Å². The molecule has 2 N–H and O–H groups in total. The molecule has 1 amide bonds. The first-order chi connectivity index (χ1) is 24.8.